The van der Waals surface area contributed by atoms with Crippen molar-refractivity contribution in [3.05, 3.63) is 64.4 Å². The Labute approximate surface area is 179 Å². The third-order valence-electron chi connectivity index (χ3n) is 5.48. The Morgan fingerprint density at radius 2 is 1.74 bits per heavy atom. The first kappa shape index (κ1) is 19.6. The van der Waals surface area contributed by atoms with Crippen molar-refractivity contribution in [2.45, 2.75) is 19.4 Å². The van der Waals surface area contributed by atoms with Gasteiger partial charge < -0.3 is 4.90 Å². The topological polar surface area (TPSA) is 102 Å². The molecule has 0 radical (unpaired) electrons. The highest BCUT2D eigenvalue weighted by atomic mass is 32.2. The second-order valence-electron chi connectivity index (χ2n) is 7.78. The fourth-order valence-corrected chi connectivity index (χ4v) is 4.72. The van der Waals surface area contributed by atoms with E-state index in [2.05, 4.69) is 19.8 Å². The van der Waals surface area contributed by atoms with Gasteiger partial charge in [-0.15, -0.1) is 10.2 Å². The predicted molar refractivity (Wildman–Crippen MR) is 120 cm³/mol. The molecular formula is C21H22N6O3S. The van der Waals surface area contributed by atoms with Gasteiger partial charge in [0.15, 0.2) is 0 Å². The van der Waals surface area contributed by atoms with E-state index in [-0.39, 0.29) is 16.6 Å². The van der Waals surface area contributed by atoms with Crippen molar-refractivity contribution in [1.82, 2.24) is 19.2 Å². The second kappa shape index (κ2) is 7.38. The van der Waals surface area contributed by atoms with Crippen LogP contribution in [0.1, 0.15) is 18.4 Å². The van der Waals surface area contributed by atoms with E-state index in [1.165, 1.54) is 0 Å². The number of hydrogen-bond donors (Lipinski definition) is 1. The average Bonchev–Trinajstić information content (AvgIpc) is 3.40. The van der Waals surface area contributed by atoms with Gasteiger partial charge in [0.25, 0.3) is 5.56 Å². The van der Waals surface area contributed by atoms with Crippen LogP contribution in [0.2, 0.25) is 0 Å². The van der Waals surface area contributed by atoms with Crippen molar-refractivity contribution in [3.8, 4) is 0 Å². The van der Waals surface area contributed by atoms with Gasteiger partial charge in [-0.1, -0.05) is 36.4 Å². The molecule has 1 aliphatic rings. The largest absolute Gasteiger partial charge is 0.341 e. The zero-order valence-corrected chi connectivity index (χ0v) is 17.8. The predicted octanol–water partition coefficient (Wildman–Crippen LogP) is 2.06. The molecule has 1 N–H and O–H groups in total. The van der Waals surface area contributed by atoms with Gasteiger partial charge >= 0.3 is 0 Å². The third-order valence-corrected chi connectivity index (χ3v) is 6.07. The van der Waals surface area contributed by atoms with Crippen molar-refractivity contribution in [2.75, 3.05) is 29.0 Å². The van der Waals surface area contributed by atoms with E-state index in [0.717, 1.165) is 37.8 Å². The van der Waals surface area contributed by atoms with E-state index in [0.29, 0.717) is 23.8 Å². The van der Waals surface area contributed by atoms with E-state index in [4.69, 9.17) is 0 Å². The maximum atomic E-state index is 13.6. The molecule has 1 aliphatic heterocycles. The first-order valence-corrected chi connectivity index (χ1v) is 12.0. The van der Waals surface area contributed by atoms with Crippen molar-refractivity contribution in [2.24, 2.45) is 0 Å². The lowest BCUT2D eigenvalue weighted by Crippen LogP contribution is -2.27. The van der Waals surface area contributed by atoms with Crippen LogP contribution < -0.4 is 15.2 Å². The Morgan fingerprint density at radius 3 is 2.45 bits per heavy atom. The van der Waals surface area contributed by atoms with E-state index < -0.39 is 10.0 Å². The second-order valence-corrected chi connectivity index (χ2v) is 9.53. The Morgan fingerprint density at radius 1 is 1.00 bits per heavy atom. The van der Waals surface area contributed by atoms with Crippen LogP contribution in [0.3, 0.4) is 0 Å². The molecule has 0 aliphatic carbocycles. The van der Waals surface area contributed by atoms with Gasteiger partial charge in [-0.3, -0.25) is 14.1 Å². The van der Waals surface area contributed by atoms with Gasteiger partial charge in [0.2, 0.25) is 21.7 Å². The molecule has 160 valence electrons. The fraction of sp³-hybridized carbons (Fsp3) is 0.286. The first-order chi connectivity index (χ1) is 14.9. The normalized spacial score (nSPS) is 14.5. The fourth-order valence-electron chi connectivity index (χ4n) is 4.15. The number of anilines is 2. The highest BCUT2D eigenvalue weighted by molar-refractivity contribution is 7.92. The number of sulfonamides is 1. The molecule has 3 heterocycles. The number of aromatic nitrogens is 4. The van der Waals surface area contributed by atoms with Crippen LogP contribution in [0, 0.1) is 0 Å². The van der Waals surface area contributed by atoms with Gasteiger partial charge in [-0.2, -0.15) is 0 Å². The summed E-state index contributed by atoms with van der Waals surface area (Å²) in [6, 6.07) is 14.7. The highest BCUT2D eigenvalue weighted by Crippen LogP contribution is 2.27. The molecular weight excluding hydrogens is 416 g/mol. The summed E-state index contributed by atoms with van der Waals surface area (Å²) in [5.74, 6) is 1.09. The van der Waals surface area contributed by atoms with Crippen molar-refractivity contribution in [1.29, 1.82) is 0 Å². The molecule has 31 heavy (non-hydrogen) atoms. The van der Waals surface area contributed by atoms with E-state index in [1.807, 2.05) is 34.7 Å². The molecule has 0 amide bonds. The maximum Gasteiger partial charge on any atom is 0.265 e. The summed E-state index contributed by atoms with van der Waals surface area (Å²) < 4.78 is 29.8. The Kier molecular flexibility index (Phi) is 4.66. The van der Waals surface area contributed by atoms with Gasteiger partial charge in [-0.05, 0) is 30.5 Å². The minimum absolute atomic E-state index is 0.245. The van der Waals surface area contributed by atoms with Crippen LogP contribution in [0.5, 0.6) is 0 Å². The van der Waals surface area contributed by atoms with Gasteiger partial charge in [0, 0.05) is 13.1 Å². The standard InChI is InChI=1S/C21H22N6O3S/c1-31(29,30)24-16-10-7-11-17-18(16)19(28)26(14-15-8-3-2-4-9-15)21-23-22-20(27(17)21)25-12-5-6-13-25/h2-4,7-11,24H,5-6,12-14H2,1H3. The van der Waals surface area contributed by atoms with Crippen molar-refractivity contribution < 1.29 is 8.42 Å². The summed E-state index contributed by atoms with van der Waals surface area (Å²) in [6.07, 6.45) is 3.20. The maximum absolute atomic E-state index is 13.6. The minimum atomic E-state index is -3.57. The van der Waals surface area contributed by atoms with Crippen LogP contribution in [0.25, 0.3) is 16.7 Å². The smallest absolute Gasteiger partial charge is 0.265 e. The monoisotopic (exact) mass is 438 g/mol. The summed E-state index contributed by atoms with van der Waals surface area (Å²) in [5, 5.41) is 9.07. The summed E-state index contributed by atoms with van der Waals surface area (Å²) in [5.41, 5.74) is 1.43. The van der Waals surface area contributed by atoms with Crippen molar-refractivity contribution in [3.63, 3.8) is 0 Å². The van der Waals surface area contributed by atoms with Gasteiger partial charge in [0.1, 0.15) is 0 Å². The lowest BCUT2D eigenvalue weighted by atomic mass is 10.2. The summed E-state index contributed by atoms with van der Waals surface area (Å²) in [7, 11) is -3.57. The molecule has 0 spiro atoms. The number of nitrogens with one attached hydrogen (secondary N) is 1. The van der Waals surface area contributed by atoms with Crippen LogP contribution >= 0.6 is 0 Å². The zero-order chi connectivity index (χ0) is 21.6. The molecule has 2 aromatic carbocycles. The molecule has 4 aromatic rings. The van der Waals surface area contributed by atoms with Gasteiger partial charge in [-0.25, -0.2) is 12.8 Å². The molecule has 1 saturated heterocycles. The summed E-state index contributed by atoms with van der Waals surface area (Å²) in [6.45, 7) is 2.02. The molecule has 1 fully saturated rings. The van der Waals surface area contributed by atoms with Crippen LogP contribution in [0.4, 0.5) is 11.6 Å². The lowest BCUT2D eigenvalue weighted by molar-refractivity contribution is 0.607. The Hall–Kier alpha value is -3.40. The number of rotatable bonds is 5. The van der Waals surface area contributed by atoms with Crippen LogP contribution in [0.15, 0.2) is 53.3 Å². The zero-order valence-electron chi connectivity index (χ0n) is 17.0. The van der Waals surface area contributed by atoms with E-state index >= 15 is 0 Å². The number of fused-ring (bicyclic) bond motifs is 3. The quantitative estimate of drug-likeness (QED) is 0.512. The average molecular weight is 439 g/mol. The Bertz CT molecular complexity index is 1440. The SMILES string of the molecule is CS(=O)(=O)Nc1cccc2c1c(=O)n(Cc1ccccc1)c1nnc(N3CCCC3)n21. The third kappa shape index (κ3) is 3.52. The van der Waals surface area contributed by atoms with Crippen LogP contribution in [-0.4, -0.2) is 46.9 Å². The van der Waals surface area contributed by atoms with E-state index in [1.54, 1.807) is 22.8 Å². The lowest BCUT2D eigenvalue weighted by Gasteiger charge is -2.18. The summed E-state index contributed by atoms with van der Waals surface area (Å²) in [4.78, 5) is 15.8. The number of nitrogens with zero attached hydrogens (tertiary/aromatic N) is 5. The molecule has 0 unspecified atom stereocenters. The molecule has 10 heteroatoms. The molecule has 9 nitrogen and oxygen atoms in total. The molecule has 0 bridgehead atoms. The minimum Gasteiger partial charge on any atom is -0.341 e. The van der Waals surface area contributed by atoms with E-state index in [9.17, 15) is 13.2 Å². The van der Waals surface area contributed by atoms with Crippen LogP contribution in [-0.2, 0) is 16.6 Å². The Balaban J connectivity index is 1.85. The number of benzene rings is 2. The van der Waals surface area contributed by atoms with Gasteiger partial charge in [0.05, 0.1) is 29.4 Å². The van der Waals surface area contributed by atoms with Crippen molar-refractivity contribution >= 4 is 38.3 Å². The molecule has 5 rings (SSSR count). The molecule has 2 aromatic heterocycles. The summed E-state index contributed by atoms with van der Waals surface area (Å²) >= 11 is 0. The molecule has 0 atom stereocenters. The highest BCUT2D eigenvalue weighted by Gasteiger charge is 2.24. The first-order valence-electron chi connectivity index (χ1n) is 10.1. The number of hydrogen-bond acceptors (Lipinski definition) is 6. The molecule has 0 saturated carbocycles.